The fourth-order valence-electron chi connectivity index (χ4n) is 0. The van der Waals surface area contributed by atoms with Gasteiger partial charge in [0, 0.05) is 58.9 Å². The Balaban J connectivity index is -0.0000000450. The van der Waals surface area contributed by atoms with Crippen LogP contribution in [-0.4, -0.2) is 16.4 Å². The first-order chi connectivity index (χ1) is 1.73. The second kappa shape index (κ2) is 9.54. The van der Waals surface area contributed by atoms with E-state index in [4.69, 9.17) is 15.0 Å². The zero-order valence-corrected chi connectivity index (χ0v) is 8.18. The van der Waals surface area contributed by atoms with E-state index in [9.17, 15) is 0 Å². The monoisotopic (exact) mass is 241 g/mol. The van der Waals surface area contributed by atoms with Crippen LogP contribution in [0.4, 0.5) is 4.79 Å². The number of carbonyl (C=O) groups is 1. The Morgan fingerprint density at radius 2 is 1.33 bits per heavy atom. The van der Waals surface area contributed by atoms with E-state index < -0.39 is 6.16 Å². The Labute approximate surface area is 79.1 Å². The molecule has 31 valence electrons. The van der Waals surface area contributed by atoms with Crippen LogP contribution in [0.15, 0.2) is 0 Å². The van der Waals surface area contributed by atoms with Crippen LogP contribution in [0.2, 0.25) is 0 Å². The van der Waals surface area contributed by atoms with Gasteiger partial charge in [0.25, 0.3) is 0 Å². The molecular weight excluding hydrogens is 240 g/mol. The molecule has 0 spiro atoms. The molecule has 6 heavy (non-hydrogen) atoms. The summed E-state index contributed by atoms with van der Waals surface area (Å²) >= 11 is 0. The molecule has 2 N–H and O–H groups in total. The average molecular weight is 242 g/mol. The third kappa shape index (κ3) is 60.3. The summed E-state index contributed by atoms with van der Waals surface area (Å²) in [6.07, 6.45) is -1.83. The van der Waals surface area contributed by atoms with Crippen LogP contribution < -0.4 is 0 Å². The Hall–Kier alpha value is 1.26. The van der Waals surface area contributed by atoms with Crippen LogP contribution in [0.3, 0.4) is 0 Å². The van der Waals surface area contributed by atoms with Crippen molar-refractivity contribution in [2.45, 2.75) is 0 Å². The molecule has 0 saturated carbocycles. The van der Waals surface area contributed by atoms with Gasteiger partial charge in [0.2, 0.25) is 0 Å². The van der Waals surface area contributed by atoms with Gasteiger partial charge in [0.15, 0.2) is 0 Å². The van der Waals surface area contributed by atoms with Crippen molar-refractivity contribution in [3.05, 3.63) is 0 Å². The summed E-state index contributed by atoms with van der Waals surface area (Å²) in [6, 6.07) is 0. The second-order valence-corrected chi connectivity index (χ2v) is 0.283. The summed E-state index contributed by atoms with van der Waals surface area (Å²) in [5.74, 6) is 0. The average Bonchev–Trinajstić information content (AvgIpc) is 0.811. The van der Waals surface area contributed by atoms with Crippen LogP contribution in [0, 0.1) is 0 Å². The van der Waals surface area contributed by atoms with Crippen molar-refractivity contribution in [3.8, 4) is 0 Å². The van der Waals surface area contributed by atoms with Crippen molar-refractivity contribution in [2.24, 2.45) is 0 Å². The predicted molar refractivity (Wildman–Crippen MR) is 10.7 cm³/mol. The van der Waals surface area contributed by atoms with E-state index in [1.165, 1.54) is 0 Å². The van der Waals surface area contributed by atoms with Crippen molar-refractivity contribution < 1.29 is 73.9 Å². The molecule has 0 unspecified atom stereocenters. The maximum atomic E-state index is 8.56. The fourth-order valence-corrected chi connectivity index (χ4v) is 0. The Morgan fingerprint density at radius 1 is 1.33 bits per heavy atom. The van der Waals surface area contributed by atoms with E-state index in [1.807, 2.05) is 0 Å². The standard InChI is InChI=1S/CH2O3.Y.Zr/c2-1(3)4;;/h(H2,2,3,4);;. The molecular formula is CH2O3YZr. The Morgan fingerprint density at radius 3 is 1.33 bits per heavy atom. The molecule has 0 fully saturated rings. The predicted octanol–water partition coefficient (Wildman–Crippen LogP) is 0.217. The topological polar surface area (TPSA) is 57.5 Å². The van der Waals surface area contributed by atoms with E-state index in [1.54, 1.807) is 0 Å². The first-order valence-electron chi connectivity index (χ1n) is 0.651. The van der Waals surface area contributed by atoms with Gasteiger partial charge in [-0.1, -0.05) is 0 Å². The summed E-state index contributed by atoms with van der Waals surface area (Å²) in [4.78, 5) is 8.56. The van der Waals surface area contributed by atoms with Gasteiger partial charge in [-0.15, -0.1) is 0 Å². The zero-order valence-electron chi connectivity index (χ0n) is 2.88. The summed E-state index contributed by atoms with van der Waals surface area (Å²) in [7, 11) is 0. The molecule has 1 radical (unpaired) electrons. The van der Waals surface area contributed by atoms with Crippen molar-refractivity contribution in [1.82, 2.24) is 0 Å². The largest absolute Gasteiger partial charge is 0.503 e. The van der Waals surface area contributed by atoms with Gasteiger partial charge in [-0.05, 0) is 0 Å². The normalized spacial score (nSPS) is 4.00. The van der Waals surface area contributed by atoms with Crippen LogP contribution in [0.1, 0.15) is 0 Å². The molecule has 0 aromatic rings. The van der Waals surface area contributed by atoms with E-state index in [2.05, 4.69) is 0 Å². The maximum Gasteiger partial charge on any atom is 0.503 e. The molecule has 0 aromatic carbocycles. The van der Waals surface area contributed by atoms with Crippen molar-refractivity contribution >= 4 is 6.16 Å². The number of rotatable bonds is 0. The van der Waals surface area contributed by atoms with Crippen molar-refractivity contribution in [3.63, 3.8) is 0 Å². The molecule has 0 heterocycles. The summed E-state index contributed by atoms with van der Waals surface area (Å²) < 4.78 is 0. The smallest absolute Gasteiger partial charge is 0.450 e. The maximum absolute atomic E-state index is 8.56. The van der Waals surface area contributed by atoms with Gasteiger partial charge in [0.1, 0.15) is 0 Å². The van der Waals surface area contributed by atoms with E-state index in [-0.39, 0.29) is 58.9 Å². The third-order valence-electron chi connectivity index (χ3n) is 0. The summed E-state index contributed by atoms with van der Waals surface area (Å²) in [5.41, 5.74) is 0. The van der Waals surface area contributed by atoms with Gasteiger partial charge in [0.05, 0.1) is 0 Å². The zero-order chi connectivity index (χ0) is 3.58. The molecule has 0 atom stereocenters. The van der Waals surface area contributed by atoms with Crippen molar-refractivity contribution in [2.75, 3.05) is 0 Å². The minimum Gasteiger partial charge on any atom is -0.450 e. The van der Waals surface area contributed by atoms with Gasteiger partial charge in [-0.2, -0.15) is 0 Å². The molecule has 5 heteroatoms. The first-order valence-corrected chi connectivity index (χ1v) is 0.651. The molecule has 0 bridgehead atoms. The van der Waals surface area contributed by atoms with E-state index in [0.717, 1.165) is 0 Å². The summed E-state index contributed by atoms with van der Waals surface area (Å²) in [6.45, 7) is 0. The van der Waals surface area contributed by atoms with E-state index >= 15 is 0 Å². The fraction of sp³-hybridized carbons (Fsp3) is 0. The van der Waals surface area contributed by atoms with Crippen LogP contribution in [0.5, 0.6) is 0 Å². The van der Waals surface area contributed by atoms with Crippen LogP contribution >= 0.6 is 0 Å². The Kier molecular flexibility index (Phi) is 24.9. The van der Waals surface area contributed by atoms with Crippen LogP contribution in [0.25, 0.3) is 0 Å². The molecule has 3 nitrogen and oxygen atoms in total. The minimum atomic E-state index is -1.83. The Bertz CT molecular complexity index is 33.8. The molecule has 0 rings (SSSR count). The van der Waals surface area contributed by atoms with Gasteiger partial charge in [-0.25, -0.2) is 4.79 Å². The van der Waals surface area contributed by atoms with Crippen molar-refractivity contribution in [1.29, 1.82) is 0 Å². The second-order valence-electron chi connectivity index (χ2n) is 0.283. The molecule has 0 aliphatic heterocycles. The quantitative estimate of drug-likeness (QED) is 0.638. The van der Waals surface area contributed by atoms with Gasteiger partial charge >= 0.3 is 6.16 Å². The number of carboxylic acid groups (broad SMARTS) is 2. The molecule has 0 aliphatic rings. The van der Waals surface area contributed by atoms with Gasteiger partial charge in [-0.3, -0.25) is 0 Å². The third-order valence-corrected chi connectivity index (χ3v) is 0. The van der Waals surface area contributed by atoms with E-state index in [0.29, 0.717) is 0 Å². The molecule has 0 aliphatic carbocycles. The number of hydrogen-bond acceptors (Lipinski definition) is 1. The van der Waals surface area contributed by atoms with Crippen LogP contribution in [-0.2, 0) is 58.9 Å². The molecule has 0 amide bonds. The molecule has 0 saturated heterocycles. The summed E-state index contributed by atoms with van der Waals surface area (Å²) in [5, 5.41) is 13.9. The van der Waals surface area contributed by atoms with Gasteiger partial charge < -0.3 is 10.2 Å². The number of hydrogen-bond donors (Lipinski definition) is 2. The SMILES string of the molecule is O=C(O)O.[Y].[Zr]. The molecule has 0 aromatic heterocycles. The first kappa shape index (κ1) is 15.7. The minimum absolute atomic E-state index is 0.